The summed E-state index contributed by atoms with van der Waals surface area (Å²) in [5, 5.41) is 2.48. The van der Waals surface area contributed by atoms with Crippen LogP contribution in [0.5, 0.6) is 0 Å². The average Bonchev–Trinajstić information content (AvgIpc) is 3.04. The summed E-state index contributed by atoms with van der Waals surface area (Å²) in [7, 11) is -3.08. The zero-order valence-electron chi connectivity index (χ0n) is 14.5. The van der Waals surface area contributed by atoms with E-state index >= 15 is 0 Å². The van der Waals surface area contributed by atoms with Gasteiger partial charge in [-0.05, 0) is 55.6 Å². The molecule has 1 unspecified atom stereocenters. The second kappa shape index (κ2) is 7.79. The average molecular weight is 347 g/mol. The normalized spacial score (nSPS) is 19.2. The lowest BCUT2D eigenvalue weighted by molar-refractivity contribution is 0.179. The lowest BCUT2D eigenvalue weighted by Crippen LogP contribution is -2.30. The number of nitrogens with zero attached hydrogens (tertiary/aromatic N) is 1. The topological polar surface area (TPSA) is 38.8 Å². The van der Waals surface area contributed by atoms with Crippen molar-refractivity contribution in [3.05, 3.63) is 48.0 Å². The first kappa shape index (κ1) is 17.6. The number of hydrogen-bond donors (Lipinski definition) is 0. The molecule has 1 heterocycles. The van der Waals surface area contributed by atoms with Crippen LogP contribution in [0.15, 0.2) is 42.5 Å². The van der Waals surface area contributed by atoms with E-state index in [-0.39, 0.29) is 5.78 Å². The van der Waals surface area contributed by atoms with Gasteiger partial charge in [-0.2, -0.15) is 0 Å². The molecule has 4 nitrogen and oxygen atoms in total. The van der Waals surface area contributed by atoms with Crippen LogP contribution in [0.4, 0.5) is 0 Å². The Balaban J connectivity index is 1.80. The van der Waals surface area contributed by atoms with Crippen molar-refractivity contribution in [2.45, 2.75) is 39.0 Å². The standard InChI is InChI=1S/C19H26NO3P/c1-3-22-24(21,23-4-2)19-10-7-13-20(19)15-16-11-12-17-8-5-6-9-18(17)14-16/h5-6,8-9,11-12,14,19H,3-4,7,10,13,15H2,1-2H3. The molecule has 2 aromatic carbocycles. The van der Waals surface area contributed by atoms with Crippen molar-refractivity contribution in [1.29, 1.82) is 0 Å². The molecule has 0 amide bonds. The van der Waals surface area contributed by atoms with Crippen LogP contribution in [-0.2, 0) is 20.2 Å². The maximum atomic E-state index is 13.1. The van der Waals surface area contributed by atoms with Crippen molar-refractivity contribution < 1.29 is 13.6 Å². The van der Waals surface area contributed by atoms with Gasteiger partial charge in [-0.1, -0.05) is 36.4 Å². The first-order valence-electron chi connectivity index (χ1n) is 8.77. The van der Waals surface area contributed by atoms with E-state index in [4.69, 9.17) is 9.05 Å². The summed E-state index contributed by atoms with van der Waals surface area (Å²) >= 11 is 0. The minimum Gasteiger partial charge on any atom is -0.308 e. The maximum Gasteiger partial charge on any atom is 0.347 e. The highest BCUT2D eigenvalue weighted by atomic mass is 31.2. The lowest BCUT2D eigenvalue weighted by Gasteiger charge is -2.30. The second-order valence-electron chi connectivity index (χ2n) is 6.15. The van der Waals surface area contributed by atoms with E-state index < -0.39 is 7.60 Å². The van der Waals surface area contributed by atoms with Gasteiger partial charge >= 0.3 is 7.60 Å². The minimum atomic E-state index is -3.08. The predicted molar refractivity (Wildman–Crippen MR) is 98.2 cm³/mol. The SMILES string of the molecule is CCOP(=O)(OCC)C1CCCN1Cc1ccc2ccccc2c1. The van der Waals surface area contributed by atoms with Crippen LogP contribution in [0.1, 0.15) is 32.3 Å². The van der Waals surface area contributed by atoms with Gasteiger partial charge in [0.1, 0.15) is 5.78 Å². The molecule has 24 heavy (non-hydrogen) atoms. The van der Waals surface area contributed by atoms with Crippen LogP contribution in [-0.4, -0.2) is 30.4 Å². The highest BCUT2D eigenvalue weighted by molar-refractivity contribution is 7.54. The summed E-state index contributed by atoms with van der Waals surface area (Å²) < 4.78 is 24.3. The van der Waals surface area contributed by atoms with Gasteiger partial charge in [-0.3, -0.25) is 9.46 Å². The van der Waals surface area contributed by atoms with E-state index in [9.17, 15) is 4.57 Å². The summed E-state index contributed by atoms with van der Waals surface area (Å²) in [6.07, 6.45) is 1.90. The number of rotatable bonds is 7. The highest BCUT2D eigenvalue weighted by Crippen LogP contribution is 2.57. The fourth-order valence-corrected chi connectivity index (χ4v) is 5.73. The van der Waals surface area contributed by atoms with Gasteiger partial charge in [0, 0.05) is 6.54 Å². The molecule has 0 spiro atoms. The molecule has 0 radical (unpaired) electrons. The summed E-state index contributed by atoms with van der Waals surface area (Å²) in [5.74, 6) is -0.135. The molecule has 1 aliphatic heterocycles. The van der Waals surface area contributed by atoms with E-state index in [1.807, 2.05) is 13.8 Å². The van der Waals surface area contributed by atoms with Crippen LogP contribution in [0.25, 0.3) is 10.8 Å². The molecule has 0 aliphatic carbocycles. The molecule has 2 aromatic rings. The third-order valence-electron chi connectivity index (χ3n) is 4.51. The highest BCUT2D eigenvalue weighted by Gasteiger charge is 2.42. The van der Waals surface area contributed by atoms with E-state index in [2.05, 4.69) is 47.4 Å². The summed E-state index contributed by atoms with van der Waals surface area (Å²) in [6.45, 7) is 6.28. The van der Waals surface area contributed by atoms with Crippen molar-refractivity contribution >= 4 is 18.4 Å². The smallest absolute Gasteiger partial charge is 0.308 e. The molecule has 130 valence electrons. The van der Waals surface area contributed by atoms with E-state index in [1.165, 1.54) is 16.3 Å². The summed E-state index contributed by atoms with van der Waals surface area (Å²) in [6, 6.07) is 14.9. The Hall–Kier alpha value is -1.19. The maximum absolute atomic E-state index is 13.1. The van der Waals surface area contributed by atoms with E-state index in [1.54, 1.807) is 0 Å². The molecular formula is C19H26NO3P. The van der Waals surface area contributed by atoms with Crippen molar-refractivity contribution in [2.24, 2.45) is 0 Å². The Morgan fingerprint density at radius 1 is 1.08 bits per heavy atom. The van der Waals surface area contributed by atoms with Crippen LogP contribution in [0.2, 0.25) is 0 Å². The van der Waals surface area contributed by atoms with E-state index in [0.717, 1.165) is 25.9 Å². The van der Waals surface area contributed by atoms with Crippen LogP contribution in [0.3, 0.4) is 0 Å². The van der Waals surface area contributed by atoms with Crippen LogP contribution >= 0.6 is 7.60 Å². The largest absolute Gasteiger partial charge is 0.347 e. The van der Waals surface area contributed by atoms with Gasteiger partial charge in [0.05, 0.1) is 13.2 Å². The monoisotopic (exact) mass is 347 g/mol. The lowest BCUT2D eigenvalue weighted by atomic mass is 10.1. The fraction of sp³-hybridized carbons (Fsp3) is 0.474. The second-order valence-corrected chi connectivity index (χ2v) is 8.34. The zero-order valence-corrected chi connectivity index (χ0v) is 15.4. The van der Waals surface area contributed by atoms with Crippen molar-refractivity contribution in [3.63, 3.8) is 0 Å². The molecule has 1 saturated heterocycles. The quantitative estimate of drug-likeness (QED) is 0.659. The summed E-state index contributed by atoms with van der Waals surface area (Å²) in [5.41, 5.74) is 1.24. The van der Waals surface area contributed by atoms with Gasteiger partial charge in [0.15, 0.2) is 0 Å². The molecule has 1 fully saturated rings. The summed E-state index contributed by atoms with van der Waals surface area (Å²) in [4.78, 5) is 2.26. The van der Waals surface area contributed by atoms with Crippen LogP contribution in [0, 0.1) is 0 Å². The van der Waals surface area contributed by atoms with Gasteiger partial charge in [0.25, 0.3) is 0 Å². The molecule has 1 aliphatic rings. The third-order valence-corrected chi connectivity index (χ3v) is 7.06. The van der Waals surface area contributed by atoms with E-state index in [0.29, 0.717) is 13.2 Å². The number of likely N-dealkylation sites (tertiary alicyclic amines) is 1. The van der Waals surface area contributed by atoms with Gasteiger partial charge in [-0.25, -0.2) is 0 Å². The molecule has 1 atom stereocenters. The molecule has 3 rings (SSSR count). The Bertz CT molecular complexity index is 723. The number of benzene rings is 2. The minimum absolute atomic E-state index is 0.135. The van der Waals surface area contributed by atoms with Crippen molar-refractivity contribution in [1.82, 2.24) is 4.90 Å². The van der Waals surface area contributed by atoms with Crippen molar-refractivity contribution in [2.75, 3.05) is 19.8 Å². The molecule has 5 heteroatoms. The molecule has 0 saturated carbocycles. The Morgan fingerprint density at radius 2 is 1.79 bits per heavy atom. The van der Waals surface area contributed by atoms with Gasteiger partial charge in [-0.15, -0.1) is 0 Å². The van der Waals surface area contributed by atoms with Gasteiger partial charge < -0.3 is 9.05 Å². The molecule has 0 bridgehead atoms. The first-order chi connectivity index (χ1) is 11.7. The van der Waals surface area contributed by atoms with Gasteiger partial charge in [0.2, 0.25) is 0 Å². The first-order valence-corrected chi connectivity index (χ1v) is 10.4. The Morgan fingerprint density at radius 3 is 2.50 bits per heavy atom. The van der Waals surface area contributed by atoms with Crippen LogP contribution < -0.4 is 0 Å². The Kier molecular flexibility index (Phi) is 5.72. The predicted octanol–water partition coefficient (Wildman–Crippen LogP) is 5.03. The molecule has 0 N–H and O–H groups in total. The molecular weight excluding hydrogens is 321 g/mol. The van der Waals surface area contributed by atoms with Crippen molar-refractivity contribution in [3.8, 4) is 0 Å². The third kappa shape index (κ3) is 3.73. The zero-order chi connectivity index (χ0) is 17.0. The molecule has 0 aromatic heterocycles. The Labute approximate surface area is 144 Å². The number of hydrogen-bond acceptors (Lipinski definition) is 4. The number of fused-ring (bicyclic) bond motifs is 1. The fourth-order valence-electron chi connectivity index (χ4n) is 3.49.